The van der Waals surface area contributed by atoms with Crippen molar-refractivity contribution in [1.82, 2.24) is 0 Å². The van der Waals surface area contributed by atoms with E-state index in [4.69, 9.17) is 5.73 Å². The van der Waals surface area contributed by atoms with Gasteiger partial charge in [-0.05, 0) is 45.5 Å². The van der Waals surface area contributed by atoms with Gasteiger partial charge >= 0.3 is 0 Å². The molecule has 4 aromatic carbocycles. The summed E-state index contributed by atoms with van der Waals surface area (Å²) in [5.41, 5.74) is 13.9. The number of nitrogens with two attached hydrogens (primary N) is 1. The summed E-state index contributed by atoms with van der Waals surface area (Å²) in [5.74, 6) is 0. The van der Waals surface area contributed by atoms with Gasteiger partial charge < -0.3 is 5.73 Å². The van der Waals surface area contributed by atoms with Crippen LogP contribution in [0, 0.1) is 0 Å². The lowest BCUT2D eigenvalue weighted by atomic mass is 9.93. The van der Waals surface area contributed by atoms with E-state index in [1.54, 1.807) is 0 Å². The SMILES string of the molecule is Nc1ccc(-c2ccccc2-c2ccc(-c3ccccc3)cc2)cc1. The average molecular weight is 321 g/mol. The molecule has 0 spiro atoms. The number of rotatable bonds is 3. The molecule has 4 rings (SSSR count). The molecule has 0 aromatic heterocycles. The first kappa shape index (κ1) is 15.2. The van der Waals surface area contributed by atoms with Crippen molar-refractivity contribution in [3.63, 3.8) is 0 Å². The second-order valence-corrected chi connectivity index (χ2v) is 6.11. The summed E-state index contributed by atoms with van der Waals surface area (Å²) in [6, 6.07) is 35.7. The molecular weight excluding hydrogens is 302 g/mol. The lowest BCUT2D eigenvalue weighted by Crippen LogP contribution is -1.87. The van der Waals surface area contributed by atoms with Crippen LogP contribution in [0.2, 0.25) is 0 Å². The van der Waals surface area contributed by atoms with Crippen molar-refractivity contribution in [3.8, 4) is 33.4 Å². The van der Waals surface area contributed by atoms with Crippen LogP contribution in [0.1, 0.15) is 0 Å². The highest BCUT2D eigenvalue weighted by Gasteiger charge is 2.07. The third-order valence-electron chi connectivity index (χ3n) is 4.45. The Bertz CT molecular complexity index is 968. The molecule has 2 N–H and O–H groups in total. The summed E-state index contributed by atoms with van der Waals surface area (Å²) in [4.78, 5) is 0. The first-order valence-electron chi connectivity index (χ1n) is 8.42. The molecule has 1 nitrogen and oxygen atoms in total. The van der Waals surface area contributed by atoms with E-state index in [-0.39, 0.29) is 0 Å². The van der Waals surface area contributed by atoms with Crippen LogP contribution >= 0.6 is 0 Å². The van der Waals surface area contributed by atoms with Gasteiger partial charge in [-0.3, -0.25) is 0 Å². The summed E-state index contributed by atoms with van der Waals surface area (Å²) >= 11 is 0. The minimum atomic E-state index is 0.786. The van der Waals surface area contributed by atoms with Gasteiger partial charge in [-0.2, -0.15) is 0 Å². The van der Waals surface area contributed by atoms with E-state index in [9.17, 15) is 0 Å². The van der Waals surface area contributed by atoms with Crippen LogP contribution in [0.25, 0.3) is 33.4 Å². The summed E-state index contributed by atoms with van der Waals surface area (Å²) in [6.45, 7) is 0. The van der Waals surface area contributed by atoms with Gasteiger partial charge in [-0.1, -0.05) is 91.0 Å². The predicted octanol–water partition coefficient (Wildman–Crippen LogP) is 6.27. The second-order valence-electron chi connectivity index (χ2n) is 6.11. The Morgan fingerprint density at radius 2 is 0.760 bits per heavy atom. The van der Waals surface area contributed by atoms with Crippen LogP contribution in [0.15, 0.2) is 103 Å². The molecule has 0 aliphatic heterocycles. The molecule has 0 aliphatic rings. The third-order valence-corrected chi connectivity index (χ3v) is 4.45. The van der Waals surface area contributed by atoms with Gasteiger partial charge in [0.1, 0.15) is 0 Å². The van der Waals surface area contributed by atoms with E-state index in [1.807, 2.05) is 18.2 Å². The van der Waals surface area contributed by atoms with Crippen molar-refractivity contribution in [2.75, 3.05) is 5.73 Å². The van der Waals surface area contributed by atoms with Gasteiger partial charge in [-0.25, -0.2) is 0 Å². The molecular formula is C24H19N. The molecule has 0 fully saturated rings. The zero-order valence-electron chi connectivity index (χ0n) is 13.9. The number of nitrogen functional groups attached to an aromatic ring is 1. The molecule has 4 aromatic rings. The van der Waals surface area contributed by atoms with Gasteiger partial charge in [0, 0.05) is 5.69 Å². The lowest BCUT2D eigenvalue weighted by Gasteiger charge is -2.11. The number of hydrogen-bond donors (Lipinski definition) is 1. The molecule has 0 bridgehead atoms. The van der Waals surface area contributed by atoms with Crippen molar-refractivity contribution in [2.45, 2.75) is 0 Å². The Morgan fingerprint density at radius 3 is 1.32 bits per heavy atom. The quantitative estimate of drug-likeness (QED) is 0.442. The van der Waals surface area contributed by atoms with Crippen LogP contribution in [0.3, 0.4) is 0 Å². The van der Waals surface area contributed by atoms with Crippen LogP contribution in [-0.4, -0.2) is 0 Å². The summed E-state index contributed by atoms with van der Waals surface area (Å²) in [7, 11) is 0. The molecule has 0 atom stereocenters. The minimum absolute atomic E-state index is 0.786. The van der Waals surface area contributed by atoms with Crippen molar-refractivity contribution < 1.29 is 0 Å². The maximum Gasteiger partial charge on any atom is 0.0314 e. The van der Waals surface area contributed by atoms with Gasteiger partial charge in [0.05, 0.1) is 0 Å². The van der Waals surface area contributed by atoms with Crippen molar-refractivity contribution in [1.29, 1.82) is 0 Å². The maximum atomic E-state index is 5.83. The zero-order chi connectivity index (χ0) is 17.1. The Morgan fingerprint density at radius 1 is 0.360 bits per heavy atom. The predicted molar refractivity (Wildman–Crippen MR) is 107 cm³/mol. The Labute approximate surface area is 148 Å². The second kappa shape index (κ2) is 6.66. The van der Waals surface area contributed by atoms with Crippen LogP contribution < -0.4 is 5.73 Å². The standard InChI is InChI=1S/C24H19N/c25-22-16-14-21(15-17-22)24-9-5-4-8-23(24)20-12-10-19(11-13-20)18-6-2-1-3-7-18/h1-17H,25H2. The zero-order valence-corrected chi connectivity index (χ0v) is 13.9. The van der Waals surface area contributed by atoms with E-state index in [0.29, 0.717) is 0 Å². The Hall–Kier alpha value is -3.32. The topological polar surface area (TPSA) is 26.0 Å². The van der Waals surface area contributed by atoms with Gasteiger partial charge in [0.25, 0.3) is 0 Å². The molecule has 120 valence electrons. The molecule has 0 amide bonds. The minimum Gasteiger partial charge on any atom is -0.399 e. The lowest BCUT2D eigenvalue weighted by molar-refractivity contribution is 1.57. The molecule has 0 saturated heterocycles. The Balaban J connectivity index is 1.74. The smallest absolute Gasteiger partial charge is 0.0314 e. The number of anilines is 1. The van der Waals surface area contributed by atoms with Gasteiger partial charge in [-0.15, -0.1) is 0 Å². The molecule has 1 heteroatoms. The van der Waals surface area contributed by atoms with Gasteiger partial charge in [0.2, 0.25) is 0 Å². The molecule has 25 heavy (non-hydrogen) atoms. The van der Waals surface area contributed by atoms with Crippen molar-refractivity contribution >= 4 is 5.69 Å². The molecule has 0 unspecified atom stereocenters. The van der Waals surface area contributed by atoms with E-state index in [1.165, 1.54) is 33.4 Å². The molecule has 0 saturated carbocycles. The first-order chi connectivity index (χ1) is 12.3. The maximum absolute atomic E-state index is 5.83. The third kappa shape index (κ3) is 3.17. The number of hydrogen-bond acceptors (Lipinski definition) is 1. The fourth-order valence-corrected chi connectivity index (χ4v) is 3.12. The van der Waals surface area contributed by atoms with E-state index >= 15 is 0 Å². The molecule has 0 heterocycles. The van der Waals surface area contributed by atoms with Crippen molar-refractivity contribution in [3.05, 3.63) is 103 Å². The summed E-state index contributed by atoms with van der Waals surface area (Å²) in [6.07, 6.45) is 0. The average Bonchev–Trinajstić information content (AvgIpc) is 2.69. The van der Waals surface area contributed by atoms with Crippen LogP contribution in [-0.2, 0) is 0 Å². The molecule has 0 radical (unpaired) electrons. The van der Waals surface area contributed by atoms with Gasteiger partial charge in [0.15, 0.2) is 0 Å². The van der Waals surface area contributed by atoms with E-state index in [2.05, 4.69) is 84.9 Å². The van der Waals surface area contributed by atoms with E-state index in [0.717, 1.165) is 5.69 Å². The highest BCUT2D eigenvalue weighted by molar-refractivity contribution is 5.84. The fraction of sp³-hybridized carbons (Fsp3) is 0. The summed E-state index contributed by atoms with van der Waals surface area (Å²) < 4.78 is 0. The first-order valence-corrected chi connectivity index (χ1v) is 8.42. The normalized spacial score (nSPS) is 10.6. The monoisotopic (exact) mass is 321 g/mol. The fourth-order valence-electron chi connectivity index (χ4n) is 3.12. The highest BCUT2D eigenvalue weighted by Crippen LogP contribution is 2.33. The van der Waals surface area contributed by atoms with E-state index < -0.39 is 0 Å². The van der Waals surface area contributed by atoms with Crippen LogP contribution in [0.4, 0.5) is 5.69 Å². The highest BCUT2D eigenvalue weighted by atomic mass is 14.5. The summed E-state index contributed by atoms with van der Waals surface area (Å²) in [5, 5.41) is 0. The number of benzene rings is 4. The van der Waals surface area contributed by atoms with Crippen molar-refractivity contribution in [2.24, 2.45) is 0 Å². The molecule has 0 aliphatic carbocycles. The largest absolute Gasteiger partial charge is 0.399 e. The van der Waals surface area contributed by atoms with Crippen LogP contribution in [0.5, 0.6) is 0 Å². The Kier molecular flexibility index (Phi) is 4.05.